The summed E-state index contributed by atoms with van der Waals surface area (Å²) in [4.78, 5) is 26.9. The van der Waals surface area contributed by atoms with Gasteiger partial charge in [0.25, 0.3) is 5.91 Å². The van der Waals surface area contributed by atoms with Gasteiger partial charge in [0.1, 0.15) is 18.2 Å². The highest BCUT2D eigenvalue weighted by Crippen LogP contribution is 2.26. The fraction of sp³-hybridized carbons (Fsp3) is 0.222. The monoisotopic (exact) mass is 361 g/mol. The molecule has 0 aromatic heterocycles. The summed E-state index contributed by atoms with van der Waals surface area (Å²) >= 11 is 0. The van der Waals surface area contributed by atoms with E-state index in [4.69, 9.17) is 4.74 Å². The number of cyclic esters (lactones) is 1. The molecule has 0 bridgehead atoms. The number of carbonyl (C=O) groups is 2. The fourth-order valence-corrected chi connectivity index (χ4v) is 2.61. The summed E-state index contributed by atoms with van der Waals surface area (Å²) in [6.07, 6.45) is -0.532. The highest BCUT2D eigenvalue weighted by molar-refractivity contribution is 6.05. The molecule has 136 valence electrons. The maximum Gasteiger partial charge on any atom is 0.414 e. The van der Waals surface area contributed by atoms with E-state index in [0.29, 0.717) is 17.9 Å². The van der Waals surface area contributed by atoms with Gasteiger partial charge >= 0.3 is 6.09 Å². The molecule has 0 aliphatic carbocycles. The Morgan fingerprint density at radius 1 is 1.15 bits per heavy atom. The molecule has 0 unspecified atom stereocenters. The topological polar surface area (TPSA) is 61.9 Å². The summed E-state index contributed by atoms with van der Waals surface area (Å²) in [7, 11) is 3.37. The first-order chi connectivity index (χ1) is 12.4. The molecular weight excluding hydrogens is 344 g/mol. The van der Waals surface area contributed by atoms with E-state index in [-0.39, 0.29) is 17.9 Å². The molecule has 6 nitrogen and oxygen atoms in total. The van der Waals surface area contributed by atoms with Gasteiger partial charge in [-0.05, 0) is 36.4 Å². The molecule has 1 heterocycles. The number of ether oxygens (including phenoxy) is 1. The second-order valence-electron chi connectivity index (χ2n) is 5.94. The molecule has 0 atom stereocenters. The Balaban J connectivity index is 1.83. The Hall–Kier alpha value is -3.16. The summed E-state index contributed by atoms with van der Waals surface area (Å²) in [6.45, 7) is 0.588. The Kier molecular flexibility index (Phi) is 4.75. The van der Waals surface area contributed by atoms with Gasteiger partial charge in [0, 0.05) is 25.3 Å². The average Bonchev–Trinajstić information content (AvgIpc) is 3.02. The summed E-state index contributed by atoms with van der Waals surface area (Å²) in [5, 5.41) is 2.41. The van der Waals surface area contributed by atoms with Crippen molar-refractivity contribution in [3.8, 4) is 0 Å². The lowest BCUT2D eigenvalue weighted by molar-refractivity contribution is 0.102. The van der Waals surface area contributed by atoms with Crippen molar-refractivity contribution >= 4 is 29.1 Å². The van der Waals surface area contributed by atoms with Crippen LogP contribution in [0.1, 0.15) is 10.4 Å². The third-order valence-electron chi connectivity index (χ3n) is 3.96. The highest BCUT2D eigenvalue weighted by atomic mass is 19.1. The van der Waals surface area contributed by atoms with Crippen LogP contribution in [0.5, 0.6) is 0 Å². The average molecular weight is 361 g/mol. The predicted octanol–water partition coefficient (Wildman–Crippen LogP) is 3.24. The van der Waals surface area contributed by atoms with Crippen LogP contribution < -0.4 is 15.1 Å². The van der Waals surface area contributed by atoms with Crippen molar-refractivity contribution in [3.05, 3.63) is 53.6 Å². The molecule has 1 fully saturated rings. The van der Waals surface area contributed by atoms with Gasteiger partial charge in [-0.3, -0.25) is 9.69 Å². The van der Waals surface area contributed by atoms with Crippen LogP contribution >= 0.6 is 0 Å². The third-order valence-corrected chi connectivity index (χ3v) is 3.96. The van der Waals surface area contributed by atoms with Crippen molar-refractivity contribution in [2.24, 2.45) is 0 Å². The minimum Gasteiger partial charge on any atom is -0.447 e. The number of nitrogens with zero attached hydrogens (tertiary/aromatic N) is 2. The molecule has 2 aromatic carbocycles. The second kappa shape index (κ2) is 6.99. The number of halogens is 2. The lowest BCUT2D eigenvalue weighted by atomic mass is 10.1. The van der Waals surface area contributed by atoms with Gasteiger partial charge in [0.2, 0.25) is 0 Å². The molecule has 1 aliphatic rings. The van der Waals surface area contributed by atoms with Crippen molar-refractivity contribution in [1.29, 1.82) is 0 Å². The Morgan fingerprint density at radius 2 is 1.92 bits per heavy atom. The van der Waals surface area contributed by atoms with Crippen molar-refractivity contribution in [2.45, 2.75) is 0 Å². The summed E-state index contributed by atoms with van der Waals surface area (Å²) in [6, 6.07) is 7.91. The normalized spacial score (nSPS) is 13.5. The van der Waals surface area contributed by atoms with Gasteiger partial charge in [-0.2, -0.15) is 0 Å². The summed E-state index contributed by atoms with van der Waals surface area (Å²) < 4.78 is 32.9. The molecular formula is C18H17F2N3O3. The van der Waals surface area contributed by atoms with Crippen LogP contribution in [0.4, 0.5) is 30.6 Å². The molecule has 0 radical (unpaired) electrons. The summed E-state index contributed by atoms with van der Waals surface area (Å²) in [5.41, 5.74) is 0.684. The van der Waals surface area contributed by atoms with E-state index in [2.05, 4.69) is 5.32 Å². The smallest absolute Gasteiger partial charge is 0.414 e. The molecule has 0 saturated carbocycles. The van der Waals surface area contributed by atoms with E-state index in [9.17, 15) is 18.4 Å². The van der Waals surface area contributed by atoms with E-state index in [1.165, 1.54) is 29.2 Å². The van der Waals surface area contributed by atoms with Crippen molar-refractivity contribution in [2.75, 3.05) is 42.4 Å². The molecule has 1 N–H and O–H groups in total. The van der Waals surface area contributed by atoms with Crippen LogP contribution in [0, 0.1) is 11.6 Å². The van der Waals surface area contributed by atoms with Gasteiger partial charge in [-0.1, -0.05) is 0 Å². The first-order valence-electron chi connectivity index (χ1n) is 7.89. The highest BCUT2D eigenvalue weighted by Gasteiger charge is 2.24. The van der Waals surface area contributed by atoms with Crippen molar-refractivity contribution in [1.82, 2.24) is 0 Å². The van der Waals surface area contributed by atoms with Crippen LogP contribution in [0.15, 0.2) is 36.4 Å². The van der Waals surface area contributed by atoms with Gasteiger partial charge < -0.3 is 15.0 Å². The maximum atomic E-state index is 14.0. The zero-order valence-electron chi connectivity index (χ0n) is 14.3. The number of amides is 2. The first-order valence-corrected chi connectivity index (χ1v) is 7.89. The molecule has 0 spiro atoms. The molecule has 8 heteroatoms. The van der Waals surface area contributed by atoms with E-state index >= 15 is 0 Å². The lowest BCUT2D eigenvalue weighted by Gasteiger charge is -2.16. The van der Waals surface area contributed by atoms with E-state index in [1.54, 1.807) is 19.0 Å². The van der Waals surface area contributed by atoms with E-state index in [1.807, 2.05) is 0 Å². The van der Waals surface area contributed by atoms with Crippen LogP contribution in [0.3, 0.4) is 0 Å². The quantitative estimate of drug-likeness (QED) is 0.908. The first kappa shape index (κ1) is 17.7. The third kappa shape index (κ3) is 3.44. The van der Waals surface area contributed by atoms with Crippen molar-refractivity contribution < 1.29 is 23.1 Å². The zero-order chi connectivity index (χ0) is 18.8. The van der Waals surface area contributed by atoms with Crippen LogP contribution in [0.2, 0.25) is 0 Å². The number of hydrogen-bond donors (Lipinski definition) is 1. The molecule has 3 rings (SSSR count). The zero-order valence-corrected chi connectivity index (χ0v) is 14.3. The minimum atomic E-state index is -0.667. The minimum absolute atomic E-state index is 0.0542. The van der Waals surface area contributed by atoms with Gasteiger partial charge in [-0.25, -0.2) is 13.6 Å². The molecule has 2 amide bonds. The SMILES string of the molecule is CN(C)c1ccc(C(=O)Nc2cc(N3CCOC3=O)ccc2F)cc1F. The van der Waals surface area contributed by atoms with Crippen LogP contribution in [-0.4, -0.2) is 39.2 Å². The van der Waals surface area contributed by atoms with Crippen LogP contribution in [-0.2, 0) is 4.74 Å². The number of carbonyl (C=O) groups excluding carboxylic acids is 2. The predicted molar refractivity (Wildman–Crippen MR) is 93.8 cm³/mol. The Labute approximate surface area is 149 Å². The molecule has 1 saturated heterocycles. The van der Waals surface area contributed by atoms with Gasteiger partial charge in [0.05, 0.1) is 17.9 Å². The fourth-order valence-electron chi connectivity index (χ4n) is 2.61. The number of nitrogens with one attached hydrogen (secondary N) is 1. The summed E-state index contributed by atoms with van der Waals surface area (Å²) in [5.74, 6) is -1.88. The lowest BCUT2D eigenvalue weighted by Crippen LogP contribution is -2.23. The van der Waals surface area contributed by atoms with Crippen molar-refractivity contribution in [3.63, 3.8) is 0 Å². The van der Waals surface area contributed by atoms with Crippen LogP contribution in [0.25, 0.3) is 0 Å². The number of benzene rings is 2. The van der Waals surface area contributed by atoms with E-state index < -0.39 is 23.6 Å². The number of anilines is 3. The molecule has 26 heavy (non-hydrogen) atoms. The molecule has 2 aromatic rings. The Morgan fingerprint density at radius 3 is 2.54 bits per heavy atom. The van der Waals surface area contributed by atoms with E-state index in [0.717, 1.165) is 12.1 Å². The van der Waals surface area contributed by atoms with Gasteiger partial charge in [-0.15, -0.1) is 0 Å². The second-order valence-corrected chi connectivity index (χ2v) is 5.94. The maximum absolute atomic E-state index is 14.0. The van der Waals surface area contributed by atoms with Gasteiger partial charge in [0.15, 0.2) is 0 Å². The number of hydrogen-bond acceptors (Lipinski definition) is 4. The largest absolute Gasteiger partial charge is 0.447 e. The number of rotatable bonds is 4. The molecule has 1 aliphatic heterocycles. The standard InChI is InChI=1S/C18H17F2N3O3/c1-22(2)16-6-3-11(9-14(16)20)17(24)21-15-10-12(4-5-13(15)19)23-7-8-26-18(23)25/h3-6,9-10H,7-8H2,1-2H3,(H,21,24). The Bertz CT molecular complexity index is 871.